The number of carbonyl (C=O) groups excluding carboxylic acids is 2. The Labute approximate surface area is 169 Å². The highest BCUT2D eigenvalue weighted by atomic mass is 16.5. The Hall–Kier alpha value is -3.32. The normalized spacial score (nSPS) is 18.2. The fraction of sp³-hybridized carbons (Fsp3) is 0.273. The van der Waals surface area contributed by atoms with Gasteiger partial charge in [-0.2, -0.15) is 0 Å². The monoisotopic (exact) mass is 397 g/mol. The van der Waals surface area contributed by atoms with E-state index in [-0.39, 0.29) is 24.5 Å². The van der Waals surface area contributed by atoms with Crippen molar-refractivity contribution in [1.29, 1.82) is 0 Å². The number of rotatable bonds is 7. The number of amides is 1. The third-order valence-electron chi connectivity index (χ3n) is 4.86. The number of ketones is 1. The number of carbonyl (C=O) groups is 2. The molecule has 0 aromatic heterocycles. The van der Waals surface area contributed by atoms with Crippen LogP contribution in [0.5, 0.6) is 11.5 Å². The van der Waals surface area contributed by atoms with Crippen LogP contribution in [0.2, 0.25) is 0 Å². The molecule has 0 saturated carbocycles. The fourth-order valence-corrected chi connectivity index (χ4v) is 3.42. The van der Waals surface area contributed by atoms with Crippen molar-refractivity contribution in [3.05, 3.63) is 65.2 Å². The van der Waals surface area contributed by atoms with E-state index in [4.69, 9.17) is 14.2 Å². The largest absolute Gasteiger partial charge is 0.507 e. The van der Waals surface area contributed by atoms with E-state index in [2.05, 4.69) is 0 Å². The van der Waals surface area contributed by atoms with E-state index >= 15 is 0 Å². The van der Waals surface area contributed by atoms with Gasteiger partial charge in [0.15, 0.2) is 0 Å². The minimum atomic E-state index is -0.814. The molecular weight excluding hydrogens is 374 g/mol. The number of hydrogen-bond acceptors (Lipinski definition) is 6. The van der Waals surface area contributed by atoms with Crippen molar-refractivity contribution in [1.82, 2.24) is 4.90 Å². The topological polar surface area (TPSA) is 85.3 Å². The molecule has 1 amide bonds. The van der Waals surface area contributed by atoms with E-state index in [0.717, 1.165) is 0 Å². The van der Waals surface area contributed by atoms with Crippen LogP contribution in [-0.2, 0) is 14.3 Å². The quantitative estimate of drug-likeness (QED) is 0.439. The molecule has 7 heteroatoms. The second kappa shape index (κ2) is 8.79. The zero-order chi connectivity index (χ0) is 21.0. The van der Waals surface area contributed by atoms with Crippen LogP contribution in [0.3, 0.4) is 0 Å². The molecule has 1 aliphatic heterocycles. The van der Waals surface area contributed by atoms with E-state index < -0.39 is 17.7 Å². The molecule has 1 aliphatic rings. The van der Waals surface area contributed by atoms with Gasteiger partial charge in [0, 0.05) is 30.8 Å². The number of likely N-dealkylation sites (tertiary alicyclic amines) is 1. The smallest absolute Gasteiger partial charge is 0.295 e. The van der Waals surface area contributed by atoms with Gasteiger partial charge in [-0.15, -0.1) is 0 Å². The molecule has 0 aliphatic carbocycles. The van der Waals surface area contributed by atoms with Crippen molar-refractivity contribution >= 4 is 17.4 Å². The van der Waals surface area contributed by atoms with Gasteiger partial charge in [0.25, 0.3) is 11.7 Å². The molecule has 7 nitrogen and oxygen atoms in total. The summed E-state index contributed by atoms with van der Waals surface area (Å²) in [6.07, 6.45) is 0. The summed E-state index contributed by atoms with van der Waals surface area (Å²) in [5, 5.41) is 10.9. The molecule has 3 rings (SSSR count). The molecule has 1 atom stereocenters. The third-order valence-corrected chi connectivity index (χ3v) is 4.86. The van der Waals surface area contributed by atoms with E-state index in [1.54, 1.807) is 48.5 Å². The van der Waals surface area contributed by atoms with Gasteiger partial charge in [0.05, 0.1) is 32.4 Å². The fourth-order valence-electron chi connectivity index (χ4n) is 3.42. The first-order chi connectivity index (χ1) is 14.0. The van der Waals surface area contributed by atoms with Gasteiger partial charge < -0.3 is 24.2 Å². The molecule has 1 N–H and O–H groups in total. The first-order valence-electron chi connectivity index (χ1n) is 9.08. The van der Waals surface area contributed by atoms with E-state index in [1.807, 2.05) is 0 Å². The molecule has 1 saturated heterocycles. The van der Waals surface area contributed by atoms with Crippen LogP contribution in [0.25, 0.3) is 5.76 Å². The second-order valence-corrected chi connectivity index (χ2v) is 6.46. The highest BCUT2D eigenvalue weighted by Gasteiger charge is 2.46. The lowest BCUT2D eigenvalue weighted by Gasteiger charge is -2.26. The van der Waals surface area contributed by atoms with Crippen molar-refractivity contribution in [2.24, 2.45) is 0 Å². The summed E-state index contributed by atoms with van der Waals surface area (Å²) in [4.78, 5) is 27.1. The number of ether oxygens (including phenoxy) is 3. The molecule has 152 valence electrons. The van der Waals surface area contributed by atoms with Gasteiger partial charge in [-0.3, -0.25) is 9.59 Å². The maximum atomic E-state index is 12.9. The third kappa shape index (κ3) is 3.82. The van der Waals surface area contributed by atoms with E-state index in [9.17, 15) is 14.7 Å². The number of Topliss-reactive ketones (excluding diaryl/α,β-unsaturated/α-hetero) is 1. The summed E-state index contributed by atoms with van der Waals surface area (Å²) < 4.78 is 15.8. The highest BCUT2D eigenvalue weighted by Crippen LogP contribution is 2.43. The minimum Gasteiger partial charge on any atom is -0.507 e. The van der Waals surface area contributed by atoms with Gasteiger partial charge in [0.1, 0.15) is 17.3 Å². The number of methoxy groups -OCH3 is 3. The van der Waals surface area contributed by atoms with Gasteiger partial charge in [-0.05, 0) is 12.1 Å². The lowest BCUT2D eigenvalue weighted by Crippen LogP contribution is -2.32. The number of nitrogens with zero attached hydrogens (tertiary/aromatic N) is 1. The summed E-state index contributed by atoms with van der Waals surface area (Å²) in [5.74, 6) is -0.653. The zero-order valence-corrected chi connectivity index (χ0v) is 16.5. The van der Waals surface area contributed by atoms with Crippen molar-refractivity contribution in [2.45, 2.75) is 6.04 Å². The molecular formula is C22H23NO6. The predicted octanol–water partition coefficient (Wildman–Crippen LogP) is 2.77. The van der Waals surface area contributed by atoms with E-state index in [1.165, 1.54) is 26.2 Å². The van der Waals surface area contributed by atoms with Crippen LogP contribution in [0.4, 0.5) is 0 Å². The van der Waals surface area contributed by atoms with E-state index in [0.29, 0.717) is 22.6 Å². The van der Waals surface area contributed by atoms with Crippen LogP contribution in [-0.4, -0.2) is 56.2 Å². The Balaban J connectivity index is 2.21. The molecule has 0 spiro atoms. The van der Waals surface area contributed by atoms with Gasteiger partial charge >= 0.3 is 0 Å². The van der Waals surface area contributed by atoms with Gasteiger partial charge in [-0.1, -0.05) is 30.3 Å². The van der Waals surface area contributed by atoms with Crippen LogP contribution < -0.4 is 9.47 Å². The predicted molar refractivity (Wildman–Crippen MR) is 107 cm³/mol. The Kier molecular flexibility index (Phi) is 6.19. The maximum absolute atomic E-state index is 12.9. The minimum absolute atomic E-state index is 0.0146. The summed E-state index contributed by atoms with van der Waals surface area (Å²) in [5.41, 5.74) is 1.04. The second-order valence-electron chi connectivity index (χ2n) is 6.46. The lowest BCUT2D eigenvalue weighted by molar-refractivity contribution is -0.140. The van der Waals surface area contributed by atoms with Gasteiger partial charge in [-0.25, -0.2) is 0 Å². The zero-order valence-electron chi connectivity index (χ0n) is 16.5. The first-order valence-corrected chi connectivity index (χ1v) is 9.08. The lowest BCUT2D eigenvalue weighted by atomic mass is 9.94. The van der Waals surface area contributed by atoms with Crippen molar-refractivity contribution < 1.29 is 28.9 Å². The molecule has 0 unspecified atom stereocenters. The number of aliphatic hydroxyl groups excluding tert-OH is 1. The standard InChI is InChI=1S/C22H23NO6/c1-27-12-11-23-19(16-10-9-15(28-2)13-17(16)29-3)18(21(25)22(23)26)20(24)14-7-5-4-6-8-14/h4-10,13,19,24H,11-12H2,1-3H3/t19-/m0/s1. The summed E-state index contributed by atoms with van der Waals surface area (Å²) >= 11 is 0. The molecule has 0 bridgehead atoms. The number of benzene rings is 2. The summed E-state index contributed by atoms with van der Waals surface area (Å²) in [6, 6.07) is 13.0. The SMILES string of the molecule is COCCN1C(=O)C(=O)C(=C(O)c2ccccc2)[C@@H]1c1ccc(OC)cc1OC. The molecule has 0 radical (unpaired) electrons. The number of hydrogen-bond donors (Lipinski definition) is 1. The van der Waals surface area contributed by atoms with Crippen LogP contribution >= 0.6 is 0 Å². The van der Waals surface area contributed by atoms with Crippen molar-refractivity contribution in [2.75, 3.05) is 34.5 Å². The molecule has 2 aromatic rings. The Morgan fingerprint density at radius 3 is 2.38 bits per heavy atom. The van der Waals surface area contributed by atoms with Crippen molar-refractivity contribution in [3.8, 4) is 11.5 Å². The maximum Gasteiger partial charge on any atom is 0.295 e. The molecule has 29 heavy (non-hydrogen) atoms. The Morgan fingerprint density at radius 1 is 1.03 bits per heavy atom. The number of aliphatic hydroxyl groups is 1. The van der Waals surface area contributed by atoms with Gasteiger partial charge in [0.2, 0.25) is 0 Å². The first kappa shape index (κ1) is 20.4. The average Bonchev–Trinajstić information content (AvgIpc) is 3.01. The van der Waals surface area contributed by atoms with Crippen LogP contribution in [0, 0.1) is 0 Å². The highest BCUT2D eigenvalue weighted by molar-refractivity contribution is 6.46. The summed E-state index contributed by atoms with van der Waals surface area (Å²) in [6.45, 7) is 0.430. The van der Waals surface area contributed by atoms with Crippen LogP contribution in [0.1, 0.15) is 17.2 Å². The summed E-state index contributed by atoms with van der Waals surface area (Å²) in [7, 11) is 4.55. The Morgan fingerprint density at radius 2 is 1.76 bits per heavy atom. The van der Waals surface area contributed by atoms with Crippen molar-refractivity contribution in [3.63, 3.8) is 0 Å². The Bertz CT molecular complexity index is 938. The average molecular weight is 397 g/mol. The molecule has 2 aromatic carbocycles. The molecule has 1 heterocycles. The van der Waals surface area contributed by atoms with Crippen LogP contribution in [0.15, 0.2) is 54.1 Å². The molecule has 1 fully saturated rings.